The van der Waals surface area contributed by atoms with Gasteiger partial charge in [0.05, 0.1) is 12.9 Å². The zero-order chi connectivity index (χ0) is 19.8. The number of ether oxygens (including phenoxy) is 1. The molecule has 0 radical (unpaired) electrons. The maximum absolute atomic E-state index is 13.4. The Hall–Kier alpha value is -0.340. The number of halogens is 3. The molecule has 0 aliphatic heterocycles. The van der Waals surface area contributed by atoms with Crippen molar-refractivity contribution in [2.24, 2.45) is 17.8 Å². The van der Waals surface area contributed by atoms with Crippen LogP contribution in [0, 0.1) is 17.8 Å². The van der Waals surface area contributed by atoms with Crippen molar-refractivity contribution in [3.63, 3.8) is 0 Å². The fourth-order valence-electron chi connectivity index (χ4n) is 5.28. The predicted molar refractivity (Wildman–Crippen MR) is 105 cm³/mol. The molecule has 0 saturated heterocycles. The molecule has 0 amide bonds. The number of fused-ring (bicyclic) bond motifs is 7. The number of benzene rings is 1. The Balaban J connectivity index is 2.01. The molecule has 0 N–H and O–H groups in total. The minimum atomic E-state index is -3.81. The van der Waals surface area contributed by atoms with E-state index in [4.69, 9.17) is 32.1 Å². The molecule has 27 heavy (non-hydrogen) atoms. The fraction of sp³-hybridized carbons (Fsp3) is 0.611. The summed E-state index contributed by atoms with van der Waals surface area (Å²) in [6, 6.07) is 5.56. The molecule has 0 aromatic heterocycles. The molecule has 0 unspecified atom stereocenters. The average Bonchev–Trinajstić information content (AvgIpc) is 3.00. The molecule has 148 valence electrons. The van der Waals surface area contributed by atoms with Gasteiger partial charge in [-0.15, -0.1) is 23.2 Å². The summed E-state index contributed by atoms with van der Waals surface area (Å²) in [5.74, 6) is -1.47. The first kappa shape index (κ1) is 20.0. The van der Waals surface area contributed by atoms with E-state index in [0.29, 0.717) is 18.4 Å². The molecule has 0 heterocycles. The summed E-state index contributed by atoms with van der Waals surface area (Å²) in [6.45, 7) is 1.88. The van der Waals surface area contributed by atoms with Crippen molar-refractivity contribution in [1.29, 1.82) is 0 Å². The fourth-order valence-corrected chi connectivity index (χ4v) is 7.58. The molecule has 1 aromatic carbocycles. The number of carbonyl (C=O) groups excluding carboxylic acids is 1. The van der Waals surface area contributed by atoms with Crippen LogP contribution >= 0.6 is 39.1 Å². The Morgan fingerprint density at radius 2 is 2.07 bits per heavy atom. The first-order valence-corrected chi connectivity index (χ1v) is 12.1. The van der Waals surface area contributed by atoms with Gasteiger partial charge in [-0.3, -0.25) is 8.98 Å². The van der Waals surface area contributed by atoms with Gasteiger partial charge in [-0.2, -0.15) is 8.42 Å². The molecule has 2 fully saturated rings. The standard InChI is InChI=1S/C18H19BrCl2O5S/c1-3-25-16(22)17-11-5-4-6-12(19)9(11)7-8-10(13-14(17)18(13,20)21)15(17)26-27(2,23)24/h4-6,10,13-15H,3,7-8H2,1-2H3/t10-,13-,14-,15-,17-/m0/s1. The summed E-state index contributed by atoms with van der Waals surface area (Å²) in [5, 5.41) is 0. The van der Waals surface area contributed by atoms with E-state index in [1.807, 2.05) is 18.2 Å². The van der Waals surface area contributed by atoms with Crippen LogP contribution in [0.2, 0.25) is 0 Å². The highest BCUT2D eigenvalue weighted by molar-refractivity contribution is 9.10. The van der Waals surface area contributed by atoms with Gasteiger partial charge in [0.2, 0.25) is 0 Å². The van der Waals surface area contributed by atoms with Crippen LogP contribution < -0.4 is 0 Å². The molecule has 5 atom stereocenters. The van der Waals surface area contributed by atoms with Crippen LogP contribution in [0.15, 0.2) is 22.7 Å². The monoisotopic (exact) mass is 496 g/mol. The summed E-state index contributed by atoms with van der Waals surface area (Å²) in [5.41, 5.74) is 0.292. The molecule has 0 spiro atoms. The van der Waals surface area contributed by atoms with E-state index in [9.17, 15) is 13.2 Å². The molecule has 9 heteroatoms. The van der Waals surface area contributed by atoms with Crippen molar-refractivity contribution in [1.82, 2.24) is 0 Å². The van der Waals surface area contributed by atoms with E-state index in [1.165, 1.54) is 0 Å². The number of hydrogen-bond donors (Lipinski definition) is 0. The maximum atomic E-state index is 13.4. The summed E-state index contributed by atoms with van der Waals surface area (Å²) in [7, 11) is -3.81. The topological polar surface area (TPSA) is 69.7 Å². The van der Waals surface area contributed by atoms with E-state index in [0.717, 1.165) is 16.3 Å². The second kappa shape index (κ2) is 6.33. The van der Waals surface area contributed by atoms with Gasteiger partial charge in [-0.25, -0.2) is 0 Å². The molecule has 5 nitrogen and oxygen atoms in total. The molecular weight excluding hydrogens is 479 g/mol. The van der Waals surface area contributed by atoms with E-state index < -0.39 is 37.9 Å². The molecule has 3 aliphatic rings. The zero-order valence-corrected chi connectivity index (χ0v) is 18.7. The van der Waals surface area contributed by atoms with Crippen LogP contribution in [0.4, 0.5) is 0 Å². The largest absolute Gasteiger partial charge is 0.465 e. The lowest BCUT2D eigenvalue weighted by atomic mass is 9.72. The highest BCUT2D eigenvalue weighted by Crippen LogP contribution is 2.78. The Morgan fingerprint density at radius 1 is 1.37 bits per heavy atom. The summed E-state index contributed by atoms with van der Waals surface area (Å²) in [4.78, 5) is 13.4. The van der Waals surface area contributed by atoms with E-state index in [-0.39, 0.29) is 18.4 Å². The average molecular weight is 498 g/mol. The van der Waals surface area contributed by atoms with Gasteiger partial charge in [-0.05, 0) is 42.9 Å². The highest BCUT2D eigenvalue weighted by atomic mass is 79.9. The molecule has 1 aromatic rings. The first-order chi connectivity index (χ1) is 12.6. The summed E-state index contributed by atoms with van der Waals surface area (Å²) < 4.78 is 34.9. The second-order valence-corrected chi connectivity index (χ2v) is 11.4. The van der Waals surface area contributed by atoms with Crippen LogP contribution in [0.25, 0.3) is 0 Å². The molecule has 4 rings (SSSR count). The van der Waals surface area contributed by atoms with Gasteiger partial charge in [0.1, 0.15) is 15.9 Å². The Morgan fingerprint density at radius 3 is 2.70 bits per heavy atom. The molecule has 3 aliphatic carbocycles. The van der Waals surface area contributed by atoms with E-state index in [2.05, 4.69) is 15.9 Å². The molecule has 2 saturated carbocycles. The van der Waals surface area contributed by atoms with Gasteiger partial charge in [0, 0.05) is 16.3 Å². The lowest BCUT2D eigenvalue weighted by molar-refractivity contribution is -0.155. The third-order valence-electron chi connectivity index (χ3n) is 6.08. The number of carbonyl (C=O) groups is 1. The molecule has 2 bridgehead atoms. The number of esters is 1. The van der Waals surface area contributed by atoms with E-state index in [1.54, 1.807) is 6.92 Å². The number of alkyl halides is 2. The Labute approximate surface area is 176 Å². The van der Waals surface area contributed by atoms with Crippen LogP contribution in [-0.4, -0.2) is 37.7 Å². The second-order valence-electron chi connectivity index (χ2n) is 7.46. The predicted octanol–water partition coefficient (Wildman–Crippen LogP) is 3.59. The van der Waals surface area contributed by atoms with Gasteiger partial charge >= 0.3 is 5.97 Å². The minimum absolute atomic E-state index is 0.162. The van der Waals surface area contributed by atoms with Crippen LogP contribution in [0.1, 0.15) is 24.5 Å². The smallest absolute Gasteiger partial charge is 0.319 e. The normalized spacial score (nSPS) is 35.7. The molecular formula is C18H19BrCl2O5S. The van der Waals surface area contributed by atoms with Crippen molar-refractivity contribution < 1.29 is 22.1 Å². The van der Waals surface area contributed by atoms with Crippen LogP contribution in [0.5, 0.6) is 0 Å². The number of rotatable bonds is 4. The summed E-state index contributed by atoms with van der Waals surface area (Å²) in [6.07, 6.45) is 1.40. The Bertz CT molecular complexity index is 918. The van der Waals surface area contributed by atoms with Gasteiger partial charge in [0.25, 0.3) is 10.1 Å². The van der Waals surface area contributed by atoms with Crippen molar-refractivity contribution >= 4 is 55.2 Å². The third-order valence-corrected chi connectivity index (χ3v) is 8.36. The Kier molecular flexibility index (Phi) is 4.68. The van der Waals surface area contributed by atoms with Crippen molar-refractivity contribution in [2.45, 2.75) is 35.6 Å². The summed E-state index contributed by atoms with van der Waals surface area (Å²) >= 11 is 16.8. The van der Waals surface area contributed by atoms with Crippen molar-refractivity contribution in [3.8, 4) is 0 Å². The maximum Gasteiger partial charge on any atom is 0.319 e. The first-order valence-electron chi connectivity index (χ1n) is 8.78. The quantitative estimate of drug-likeness (QED) is 0.361. The van der Waals surface area contributed by atoms with Gasteiger partial charge in [0.15, 0.2) is 0 Å². The van der Waals surface area contributed by atoms with Gasteiger partial charge < -0.3 is 4.74 Å². The lowest BCUT2D eigenvalue weighted by Gasteiger charge is -2.38. The van der Waals surface area contributed by atoms with Gasteiger partial charge in [-0.1, -0.05) is 28.1 Å². The highest BCUT2D eigenvalue weighted by Gasteiger charge is 2.85. The number of hydrogen-bond acceptors (Lipinski definition) is 5. The van der Waals surface area contributed by atoms with Crippen molar-refractivity contribution in [3.05, 3.63) is 33.8 Å². The van der Waals surface area contributed by atoms with E-state index >= 15 is 0 Å². The van der Waals surface area contributed by atoms with Crippen LogP contribution in [0.3, 0.4) is 0 Å². The zero-order valence-electron chi connectivity index (χ0n) is 14.7. The minimum Gasteiger partial charge on any atom is -0.465 e. The third kappa shape index (κ3) is 2.72. The lowest BCUT2D eigenvalue weighted by Crippen LogP contribution is -2.52. The van der Waals surface area contributed by atoms with Crippen molar-refractivity contribution in [2.75, 3.05) is 12.9 Å². The van der Waals surface area contributed by atoms with Crippen LogP contribution in [-0.2, 0) is 35.7 Å². The SMILES string of the molecule is CCOC(=O)[C@@]12c3cccc(Br)c3CC[C@@H]([C@H]3[C@@H]1C3(Cl)Cl)[C@@H]2OS(C)(=O)=O.